The Bertz CT molecular complexity index is 967. The fourth-order valence-electron chi connectivity index (χ4n) is 3.00. The molecule has 6 nitrogen and oxygen atoms in total. The number of thiophene rings is 1. The Kier molecular flexibility index (Phi) is 5.89. The highest BCUT2D eigenvalue weighted by Crippen LogP contribution is 2.38. The summed E-state index contributed by atoms with van der Waals surface area (Å²) < 4.78 is 18.6. The smallest absolute Gasteiger partial charge is 0.331 e. The van der Waals surface area contributed by atoms with Crippen molar-refractivity contribution in [1.82, 2.24) is 0 Å². The standard InChI is InChI=1S/C20H19FN2O4S/c1-11(27-16(24)10-9-12-5-2-3-7-14(12)21)19(26)23-20-17(18(22)25)13-6-4-8-15(13)28-20/h2-3,5,7,9-11H,4,6,8H2,1H3,(H2,22,25)(H,23,26)/b10-9+/t11-/m0/s1. The number of hydrogen-bond donors (Lipinski definition) is 2. The van der Waals surface area contributed by atoms with Crippen LogP contribution in [0.25, 0.3) is 6.08 Å². The molecule has 1 aliphatic carbocycles. The molecule has 28 heavy (non-hydrogen) atoms. The molecule has 0 fully saturated rings. The Balaban J connectivity index is 1.63. The summed E-state index contributed by atoms with van der Waals surface area (Å²) in [7, 11) is 0. The van der Waals surface area contributed by atoms with E-state index in [1.54, 1.807) is 6.07 Å². The average molecular weight is 402 g/mol. The second-order valence-electron chi connectivity index (χ2n) is 6.35. The third-order valence-corrected chi connectivity index (χ3v) is 5.58. The number of primary amides is 1. The van der Waals surface area contributed by atoms with Gasteiger partial charge in [-0.25, -0.2) is 9.18 Å². The van der Waals surface area contributed by atoms with E-state index >= 15 is 0 Å². The van der Waals surface area contributed by atoms with Crippen LogP contribution in [0.15, 0.2) is 30.3 Å². The molecule has 1 aliphatic rings. The lowest BCUT2D eigenvalue weighted by Crippen LogP contribution is -2.30. The lowest BCUT2D eigenvalue weighted by Gasteiger charge is -2.12. The topological polar surface area (TPSA) is 98.5 Å². The third kappa shape index (κ3) is 4.28. The number of esters is 1. The third-order valence-electron chi connectivity index (χ3n) is 4.37. The second kappa shape index (κ2) is 8.35. The highest BCUT2D eigenvalue weighted by Gasteiger charge is 2.27. The minimum Gasteiger partial charge on any atom is -0.449 e. The molecule has 0 bridgehead atoms. The van der Waals surface area contributed by atoms with Crippen LogP contribution in [0.4, 0.5) is 9.39 Å². The SMILES string of the molecule is C[C@H](OC(=O)/C=C/c1ccccc1F)C(=O)Nc1sc2c(c1C(N)=O)CCC2. The fraction of sp³-hybridized carbons (Fsp3) is 0.250. The maximum absolute atomic E-state index is 13.5. The van der Waals surface area contributed by atoms with Gasteiger partial charge in [0.2, 0.25) is 0 Å². The highest BCUT2D eigenvalue weighted by molar-refractivity contribution is 7.17. The first-order valence-corrected chi connectivity index (χ1v) is 9.57. The van der Waals surface area contributed by atoms with Crippen molar-refractivity contribution in [2.24, 2.45) is 5.73 Å². The lowest BCUT2D eigenvalue weighted by molar-refractivity contribution is -0.148. The highest BCUT2D eigenvalue weighted by atomic mass is 32.1. The Hall–Kier alpha value is -3.00. The number of amides is 2. The van der Waals surface area contributed by atoms with Crippen LogP contribution >= 0.6 is 11.3 Å². The van der Waals surface area contributed by atoms with Gasteiger partial charge in [-0.1, -0.05) is 18.2 Å². The van der Waals surface area contributed by atoms with Crippen molar-refractivity contribution >= 4 is 40.2 Å². The summed E-state index contributed by atoms with van der Waals surface area (Å²) in [6.45, 7) is 1.41. The zero-order valence-corrected chi connectivity index (χ0v) is 16.0. The summed E-state index contributed by atoms with van der Waals surface area (Å²) in [6, 6.07) is 5.96. The summed E-state index contributed by atoms with van der Waals surface area (Å²) in [5.41, 5.74) is 6.93. The lowest BCUT2D eigenvalue weighted by atomic mass is 10.1. The normalized spacial score (nSPS) is 13.9. The summed E-state index contributed by atoms with van der Waals surface area (Å²) in [4.78, 5) is 37.1. The van der Waals surface area contributed by atoms with Gasteiger partial charge in [-0.15, -0.1) is 11.3 Å². The number of nitrogens with one attached hydrogen (secondary N) is 1. The quantitative estimate of drug-likeness (QED) is 0.573. The molecule has 3 rings (SSSR count). The van der Waals surface area contributed by atoms with Gasteiger partial charge < -0.3 is 15.8 Å². The Labute approximate surface area is 165 Å². The molecule has 0 spiro atoms. The Morgan fingerprint density at radius 1 is 1.29 bits per heavy atom. The molecule has 1 heterocycles. The number of carbonyl (C=O) groups excluding carboxylic acids is 3. The minimum absolute atomic E-state index is 0.232. The van der Waals surface area contributed by atoms with Crippen LogP contribution in [0.1, 0.15) is 39.7 Å². The zero-order valence-electron chi connectivity index (χ0n) is 15.2. The van der Waals surface area contributed by atoms with E-state index in [0.29, 0.717) is 10.6 Å². The Morgan fingerprint density at radius 2 is 2.04 bits per heavy atom. The molecule has 0 aliphatic heterocycles. The fourth-order valence-corrected chi connectivity index (χ4v) is 4.30. The summed E-state index contributed by atoms with van der Waals surface area (Å²) >= 11 is 1.32. The van der Waals surface area contributed by atoms with Gasteiger partial charge in [-0.2, -0.15) is 0 Å². The van der Waals surface area contributed by atoms with E-state index in [1.165, 1.54) is 42.5 Å². The van der Waals surface area contributed by atoms with Crippen molar-refractivity contribution in [3.05, 3.63) is 57.7 Å². The molecular weight excluding hydrogens is 383 g/mol. The minimum atomic E-state index is -1.10. The van der Waals surface area contributed by atoms with Gasteiger partial charge in [0.1, 0.15) is 10.8 Å². The van der Waals surface area contributed by atoms with Crippen LogP contribution in [-0.2, 0) is 27.2 Å². The van der Waals surface area contributed by atoms with Crippen molar-refractivity contribution in [3.8, 4) is 0 Å². The predicted octanol–water partition coefficient (Wildman–Crippen LogP) is 3.06. The van der Waals surface area contributed by atoms with Gasteiger partial charge in [0, 0.05) is 16.5 Å². The van der Waals surface area contributed by atoms with Gasteiger partial charge in [0.05, 0.1) is 5.56 Å². The molecule has 0 unspecified atom stereocenters. The van der Waals surface area contributed by atoms with E-state index in [1.807, 2.05) is 0 Å². The molecule has 1 aromatic carbocycles. The van der Waals surface area contributed by atoms with Gasteiger partial charge >= 0.3 is 5.97 Å². The van der Waals surface area contributed by atoms with Gasteiger partial charge in [0.15, 0.2) is 6.10 Å². The summed E-state index contributed by atoms with van der Waals surface area (Å²) in [5.74, 6) is -2.42. The number of carbonyl (C=O) groups is 3. The van der Waals surface area contributed by atoms with Crippen LogP contribution in [0.3, 0.4) is 0 Å². The van der Waals surface area contributed by atoms with Crippen molar-refractivity contribution in [3.63, 3.8) is 0 Å². The zero-order chi connectivity index (χ0) is 20.3. The molecule has 0 saturated heterocycles. The van der Waals surface area contributed by atoms with Crippen molar-refractivity contribution < 1.29 is 23.5 Å². The van der Waals surface area contributed by atoms with Crippen LogP contribution in [-0.4, -0.2) is 23.9 Å². The number of nitrogens with two attached hydrogens (primary N) is 1. The first-order chi connectivity index (χ1) is 13.4. The summed E-state index contributed by atoms with van der Waals surface area (Å²) in [5, 5.41) is 3.01. The molecule has 2 amide bonds. The van der Waals surface area contributed by atoms with Gasteiger partial charge in [-0.05, 0) is 43.9 Å². The molecule has 2 aromatic rings. The van der Waals surface area contributed by atoms with Crippen LogP contribution in [0.5, 0.6) is 0 Å². The van der Waals surface area contributed by atoms with E-state index in [4.69, 9.17) is 10.5 Å². The second-order valence-corrected chi connectivity index (χ2v) is 7.45. The number of halogens is 1. The first kappa shape index (κ1) is 19.8. The molecule has 0 radical (unpaired) electrons. The van der Waals surface area contributed by atoms with Crippen molar-refractivity contribution in [2.45, 2.75) is 32.3 Å². The van der Waals surface area contributed by atoms with Crippen molar-refractivity contribution in [1.29, 1.82) is 0 Å². The number of benzene rings is 1. The van der Waals surface area contributed by atoms with E-state index in [0.717, 1.165) is 35.8 Å². The maximum Gasteiger partial charge on any atom is 0.331 e. The van der Waals surface area contributed by atoms with E-state index in [-0.39, 0.29) is 5.56 Å². The van der Waals surface area contributed by atoms with Crippen LogP contribution in [0.2, 0.25) is 0 Å². The number of ether oxygens (including phenoxy) is 1. The number of aryl methyl sites for hydroxylation is 1. The number of fused-ring (bicyclic) bond motifs is 1. The number of rotatable bonds is 6. The molecule has 8 heteroatoms. The van der Waals surface area contributed by atoms with Crippen LogP contribution in [0, 0.1) is 5.82 Å². The first-order valence-electron chi connectivity index (χ1n) is 8.75. The number of anilines is 1. The maximum atomic E-state index is 13.5. The van der Waals surface area contributed by atoms with Crippen LogP contribution < -0.4 is 11.1 Å². The van der Waals surface area contributed by atoms with Crippen molar-refractivity contribution in [2.75, 3.05) is 5.32 Å². The van der Waals surface area contributed by atoms with E-state index in [9.17, 15) is 18.8 Å². The summed E-state index contributed by atoms with van der Waals surface area (Å²) in [6.07, 6.45) is 3.79. The van der Waals surface area contributed by atoms with E-state index in [2.05, 4.69) is 5.32 Å². The van der Waals surface area contributed by atoms with Gasteiger partial charge in [0.25, 0.3) is 11.8 Å². The molecule has 1 aromatic heterocycles. The average Bonchev–Trinajstić information content (AvgIpc) is 3.21. The molecular formula is C20H19FN2O4S. The molecule has 146 valence electrons. The van der Waals surface area contributed by atoms with E-state index < -0.39 is 29.7 Å². The Morgan fingerprint density at radius 3 is 2.75 bits per heavy atom. The van der Waals surface area contributed by atoms with Gasteiger partial charge in [-0.3, -0.25) is 9.59 Å². The largest absolute Gasteiger partial charge is 0.449 e. The molecule has 3 N–H and O–H groups in total. The number of hydrogen-bond acceptors (Lipinski definition) is 5. The molecule has 1 atom stereocenters. The monoisotopic (exact) mass is 402 g/mol. The predicted molar refractivity (Wildman–Crippen MR) is 104 cm³/mol. The molecule has 0 saturated carbocycles.